The second kappa shape index (κ2) is 10.3. The molecule has 10 nitrogen and oxygen atoms in total. The van der Waals surface area contributed by atoms with Crippen LogP contribution >= 0.6 is 0 Å². The highest BCUT2D eigenvalue weighted by Crippen LogP contribution is 2.58. The van der Waals surface area contributed by atoms with Gasteiger partial charge in [0.25, 0.3) is 0 Å². The van der Waals surface area contributed by atoms with Gasteiger partial charge in [-0.2, -0.15) is 0 Å². The molecular formula is C33H30N4O6. The van der Waals surface area contributed by atoms with Gasteiger partial charge in [0.1, 0.15) is 35.5 Å². The Labute approximate surface area is 247 Å². The van der Waals surface area contributed by atoms with Crippen molar-refractivity contribution < 1.29 is 28.3 Å². The van der Waals surface area contributed by atoms with E-state index in [0.29, 0.717) is 17.8 Å². The monoisotopic (exact) mass is 578 g/mol. The third kappa shape index (κ3) is 4.32. The Kier molecular flexibility index (Phi) is 6.41. The van der Waals surface area contributed by atoms with Crippen LogP contribution in [0.2, 0.25) is 0 Å². The van der Waals surface area contributed by atoms with E-state index in [1.54, 1.807) is 0 Å². The van der Waals surface area contributed by atoms with E-state index in [4.69, 9.17) is 13.9 Å². The highest BCUT2D eigenvalue weighted by molar-refractivity contribution is 5.86. The number of alkyl carbamates (subject to hydrolysis) is 1. The highest BCUT2D eigenvalue weighted by atomic mass is 16.5. The smallest absolute Gasteiger partial charge is 0.408 e. The molecule has 3 N–H and O–H groups in total. The van der Waals surface area contributed by atoms with Crippen LogP contribution in [0.4, 0.5) is 10.5 Å². The molecule has 10 heteroatoms. The molecule has 3 aromatic carbocycles. The molecule has 0 saturated carbocycles. The van der Waals surface area contributed by atoms with Crippen molar-refractivity contribution in [2.24, 2.45) is 5.92 Å². The fourth-order valence-electron chi connectivity index (χ4n) is 6.32. The maximum absolute atomic E-state index is 13.8. The number of hydrogen-bond acceptors (Lipinski definition) is 8. The van der Waals surface area contributed by atoms with Crippen LogP contribution in [-0.2, 0) is 28.0 Å². The summed E-state index contributed by atoms with van der Waals surface area (Å²) in [6, 6.07) is 21.2. The SMILES string of the molecule is CC(C)[C@@H]1NC(=O)[C@@H](NC(=O)OCc2ccccc2)Cc2ccc3c(c2)[C@@]2(c4ccccc4NC2O3)c2oc1nc2C=O. The summed E-state index contributed by atoms with van der Waals surface area (Å²) in [5, 5.41) is 9.23. The second-order valence-corrected chi connectivity index (χ2v) is 11.4. The molecule has 7 rings (SSSR count). The number of hydrogen-bond donors (Lipinski definition) is 3. The first-order valence-corrected chi connectivity index (χ1v) is 14.3. The van der Waals surface area contributed by atoms with E-state index in [-0.39, 0.29) is 30.5 Å². The average molecular weight is 579 g/mol. The van der Waals surface area contributed by atoms with Crippen LogP contribution in [0.15, 0.2) is 77.2 Å². The number of nitrogens with one attached hydrogen (secondary N) is 3. The molecule has 0 fully saturated rings. The minimum atomic E-state index is -1.01. The number of oxazole rings is 1. The minimum absolute atomic E-state index is 0.0652. The number of para-hydroxylation sites is 1. The molecule has 218 valence electrons. The highest BCUT2D eigenvalue weighted by Gasteiger charge is 2.60. The van der Waals surface area contributed by atoms with Crippen molar-refractivity contribution in [2.45, 2.75) is 50.6 Å². The summed E-state index contributed by atoms with van der Waals surface area (Å²) in [5.41, 5.74) is 3.28. The van der Waals surface area contributed by atoms with Crippen LogP contribution in [0.5, 0.6) is 5.75 Å². The molecule has 0 radical (unpaired) electrons. The topological polar surface area (TPSA) is 132 Å². The van der Waals surface area contributed by atoms with Gasteiger partial charge in [-0.15, -0.1) is 0 Å². The van der Waals surface area contributed by atoms with Crippen LogP contribution in [-0.4, -0.2) is 35.5 Å². The Balaban J connectivity index is 1.34. The van der Waals surface area contributed by atoms with E-state index in [0.717, 1.165) is 27.9 Å². The number of ether oxygens (including phenoxy) is 2. The summed E-state index contributed by atoms with van der Waals surface area (Å²) < 4.78 is 18.4. The predicted octanol–water partition coefficient (Wildman–Crippen LogP) is 4.63. The number of rotatable bonds is 5. The van der Waals surface area contributed by atoms with E-state index in [1.165, 1.54) is 0 Å². The van der Waals surface area contributed by atoms with Crippen LogP contribution < -0.4 is 20.7 Å². The van der Waals surface area contributed by atoms with Crippen LogP contribution in [0, 0.1) is 5.92 Å². The van der Waals surface area contributed by atoms with E-state index < -0.39 is 35.7 Å². The lowest BCUT2D eigenvalue weighted by Crippen LogP contribution is -2.49. The zero-order valence-electron chi connectivity index (χ0n) is 23.6. The third-order valence-electron chi connectivity index (χ3n) is 8.38. The number of aldehydes is 1. The predicted molar refractivity (Wildman–Crippen MR) is 156 cm³/mol. The quantitative estimate of drug-likeness (QED) is 0.292. The molecular weight excluding hydrogens is 548 g/mol. The van der Waals surface area contributed by atoms with E-state index in [2.05, 4.69) is 20.9 Å². The van der Waals surface area contributed by atoms with Crippen LogP contribution in [0.3, 0.4) is 0 Å². The molecule has 4 heterocycles. The molecule has 4 atom stereocenters. The summed E-state index contributed by atoms with van der Waals surface area (Å²) in [4.78, 5) is 43.8. The first-order valence-electron chi connectivity index (χ1n) is 14.3. The zero-order chi connectivity index (χ0) is 29.7. The summed E-state index contributed by atoms with van der Waals surface area (Å²) in [6.07, 6.45) is -0.434. The first-order chi connectivity index (χ1) is 20.9. The normalized spacial score (nSPS) is 23.0. The van der Waals surface area contributed by atoms with E-state index >= 15 is 0 Å². The van der Waals surface area contributed by atoms with Gasteiger partial charge in [0.15, 0.2) is 18.3 Å². The molecule has 4 bridgehead atoms. The molecule has 2 amide bonds. The molecule has 4 aromatic rings. The maximum atomic E-state index is 13.8. The van der Waals surface area contributed by atoms with Gasteiger partial charge in [-0.25, -0.2) is 9.78 Å². The number of carbonyl (C=O) groups is 3. The maximum Gasteiger partial charge on any atom is 0.408 e. The van der Waals surface area contributed by atoms with Crippen molar-refractivity contribution in [1.82, 2.24) is 15.6 Å². The lowest BCUT2D eigenvalue weighted by molar-refractivity contribution is -0.124. The number of nitrogens with zero attached hydrogens (tertiary/aromatic N) is 1. The van der Waals surface area contributed by atoms with Gasteiger partial charge in [0.2, 0.25) is 11.8 Å². The molecule has 43 heavy (non-hydrogen) atoms. The molecule has 1 aromatic heterocycles. The Morgan fingerprint density at radius 2 is 1.88 bits per heavy atom. The second-order valence-electron chi connectivity index (χ2n) is 11.4. The van der Waals surface area contributed by atoms with Crippen molar-refractivity contribution in [1.29, 1.82) is 0 Å². The molecule has 0 aliphatic carbocycles. The number of amides is 2. The van der Waals surface area contributed by atoms with E-state index in [9.17, 15) is 14.4 Å². The average Bonchev–Trinajstić information content (AvgIpc) is 3.67. The fraction of sp³-hybridized carbons (Fsp3) is 0.273. The Morgan fingerprint density at radius 1 is 1.09 bits per heavy atom. The summed E-state index contributed by atoms with van der Waals surface area (Å²) >= 11 is 0. The van der Waals surface area contributed by atoms with Crippen molar-refractivity contribution in [2.75, 3.05) is 5.32 Å². The molecule has 1 unspecified atom stereocenters. The largest absolute Gasteiger partial charge is 0.469 e. The lowest BCUT2D eigenvalue weighted by Gasteiger charge is -2.28. The number of fused-ring (bicyclic) bond motifs is 4. The Bertz CT molecular complexity index is 1730. The van der Waals surface area contributed by atoms with Gasteiger partial charge >= 0.3 is 6.09 Å². The lowest BCUT2D eigenvalue weighted by atomic mass is 9.72. The number of benzene rings is 3. The van der Waals surface area contributed by atoms with Gasteiger partial charge in [-0.05, 0) is 34.7 Å². The first kappa shape index (κ1) is 26.8. The third-order valence-corrected chi connectivity index (χ3v) is 8.38. The number of anilines is 1. The van der Waals surface area contributed by atoms with E-state index in [1.807, 2.05) is 86.6 Å². The standard InChI is InChI=1S/C33H30N4O6/c1-18(2)27-30-34-25(16-38)28(43-30)33-21-10-6-7-11-23(21)35-31(33)42-26-13-12-20(14-22(26)33)15-24(29(39)37-27)36-32(40)41-17-19-8-4-3-5-9-19/h3-14,16,18,24,27,31,35H,15,17H2,1-2H3,(H,36,40)(H,37,39)/t24-,27-,31?,33-/m0/s1. The van der Waals surface area contributed by atoms with Crippen molar-refractivity contribution in [3.8, 4) is 5.75 Å². The van der Waals surface area contributed by atoms with Gasteiger partial charge in [0.05, 0.1) is 0 Å². The zero-order valence-corrected chi connectivity index (χ0v) is 23.6. The van der Waals surface area contributed by atoms with Gasteiger partial charge < -0.3 is 29.8 Å². The van der Waals surface area contributed by atoms with Crippen molar-refractivity contribution >= 4 is 24.0 Å². The molecule has 3 aliphatic heterocycles. The Hall–Kier alpha value is -5.12. The summed E-state index contributed by atoms with van der Waals surface area (Å²) in [6.45, 7) is 3.91. The summed E-state index contributed by atoms with van der Waals surface area (Å²) in [5.74, 6) is 0.600. The summed E-state index contributed by atoms with van der Waals surface area (Å²) in [7, 11) is 0. The minimum Gasteiger partial charge on any atom is -0.469 e. The van der Waals surface area contributed by atoms with Gasteiger partial charge in [-0.1, -0.05) is 74.5 Å². The van der Waals surface area contributed by atoms with Gasteiger partial charge in [0, 0.05) is 17.7 Å². The molecule has 3 aliphatic rings. The fourth-order valence-corrected chi connectivity index (χ4v) is 6.32. The van der Waals surface area contributed by atoms with Gasteiger partial charge in [-0.3, -0.25) is 9.59 Å². The van der Waals surface area contributed by atoms with Crippen molar-refractivity contribution in [3.63, 3.8) is 0 Å². The van der Waals surface area contributed by atoms with Crippen molar-refractivity contribution in [3.05, 3.63) is 112 Å². The van der Waals surface area contributed by atoms with Crippen LogP contribution in [0.25, 0.3) is 0 Å². The van der Waals surface area contributed by atoms with Crippen LogP contribution in [0.1, 0.15) is 64.3 Å². The number of carbonyl (C=O) groups excluding carboxylic acids is 3. The molecule has 1 spiro atoms. The number of aromatic nitrogens is 1. The molecule has 0 saturated heterocycles. The Morgan fingerprint density at radius 3 is 2.67 bits per heavy atom.